The largest absolute Gasteiger partial charge is 0.342 e. The van der Waals surface area contributed by atoms with Crippen LogP contribution < -0.4 is 16.6 Å². The highest BCUT2D eigenvalue weighted by atomic mass is 32.2. The molecule has 0 bridgehead atoms. The van der Waals surface area contributed by atoms with Gasteiger partial charge >= 0.3 is 5.69 Å². The van der Waals surface area contributed by atoms with E-state index < -0.39 is 11.2 Å². The van der Waals surface area contributed by atoms with Crippen molar-refractivity contribution in [1.29, 1.82) is 0 Å². The molecule has 110 valence electrons. The molecule has 0 fully saturated rings. The van der Waals surface area contributed by atoms with Crippen molar-refractivity contribution in [2.24, 2.45) is 0 Å². The third-order valence-electron chi connectivity index (χ3n) is 2.58. The summed E-state index contributed by atoms with van der Waals surface area (Å²) in [6.07, 6.45) is 0.235. The fourth-order valence-electron chi connectivity index (χ4n) is 1.54. The van der Waals surface area contributed by atoms with E-state index in [-0.39, 0.29) is 17.4 Å². The van der Waals surface area contributed by atoms with Crippen LogP contribution in [0.5, 0.6) is 0 Å². The van der Waals surface area contributed by atoms with E-state index in [0.717, 1.165) is 23.0 Å². The van der Waals surface area contributed by atoms with E-state index in [2.05, 4.69) is 20.5 Å². The van der Waals surface area contributed by atoms with Gasteiger partial charge in [-0.2, -0.15) is 5.10 Å². The number of hydrogen-bond donors (Lipinski definition) is 3. The van der Waals surface area contributed by atoms with Crippen molar-refractivity contribution in [2.75, 3.05) is 11.1 Å². The first-order valence-electron chi connectivity index (χ1n) is 6.23. The molecule has 0 aliphatic carbocycles. The van der Waals surface area contributed by atoms with Gasteiger partial charge in [0.2, 0.25) is 5.91 Å². The molecular weight excluding hydrogens is 292 g/mol. The lowest BCUT2D eigenvalue weighted by molar-refractivity contribution is -0.115. The number of aromatic nitrogens is 3. The molecule has 1 amide bonds. The Morgan fingerprint density at radius 3 is 2.67 bits per heavy atom. The second kappa shape index (κ2) is 6.89. The third-order valence-corrected chi connectivity index (χ3v) is 3.54. The van der Waals surface area contributed by atoms with E-state index in [1.165, 1.54) is 0 Å². The number of H-pyrrole nitrogens is 2. The van der Waals surface area contributed by atoms with E-state index in [1.54, 1.807) is 0 Å². The summed E-state index contributed by atoms with van der Waals surface area (Å²) in [5.41, 5.74) is 0.645. The Hall–Kier alpha value is -2.35. The predicted octanol–water partition coefficient (Wildman–Crippen LogP) is 0.888. The number of thioether (sulfide) groups is 1. The lowest BCUT2D eigenvalue weighted by Gasteiger charge is -2.05. The monoisotopic (exact) mass is 306 g/mol. The van der Waals surface area contributed by atoms with Crippen molar-refractivity contribution < 1.29 is 4.79 Å². The molecule has 1 aromatic carbocycles. The molecule has 1 aromatic heterocycles. The normalized spacial score (nSPS) is 10.3. The van der Waals surface area contributed by atoms with Gasteiger partial charge in [0.05, 0.1) is 0 Å². The van der Waals surface area contributed by atoms with Crippen LogP contribution in [0.15, 0.2) is 38.9 Å². The highest BCUT2D eigenvalue weighted by Gasteiger charge is 2.06. The molecule has 0 aliphatic heterocycles. The van der Waals surface area contributed by atoms with Crippen molar-refractivity contribution in [1.82, 2.24) is 15.2 Å². The number of aromatic amines is 2. The van der Waals surface area contributed by atoms with Crippen LogP contribution in [0.3, 0.4) is 0 Å². The highest BCUT2D eigenvalue weighted by Crippen LogP contribution is 2.12. The number of hydrogen-bond acceptors (Lipinski definition) is 5. The van der Waals surface area contributed by atoms with Gasteiger partial charge in [-0.1, -0.05) is 29.5 Å². The van der Waals surface area contributed by atoms with Crippen molar-refractivity contribution >= 4 is 23.4 Å². The Kier molecular flexibility index (Phi) is 4.94. The Morgan fingerprint density at radius 1 is 1.29 bits per heavy atom. The summed E-state index contributed by atoms with van der Waals surface area (Å²) in [4.78, 5) is 36.0. The zero-order chi connectivity index (χ0) is 15.2. The van der Waals surface area contributed by atoms with E-state index in [0.29, 0.717) is 5.75 Å². The quantitative estimate of drug-likeness (QED) is 0.711. The maximum Gasteiger partial charge on any atom is 0.342 e. The van der Waals surface area contributed by atoms with E-state index in [4.69, 9.17) is 0 Å². The van der Waals surface area contributed by atoms with E-state index >= 15 is 0 Å². The molecule has 7 nitrogen and oxygen atoms in total. The van der Waals surface area contributed by atoms with E-state index in [1.807, 2.05) is 31.2 Å². The van der Waals surface area contributed by atoms with Crippen molar-refractivity contribution in [2.45, 2.75) is 18.4 Å². The Balaban J connectivity index is 1.83. The maximum absolute atomic E-state index is 11.7. The predicted molar refractivity (Wildman–Crippen MR) is 80.6 cm³/mol. The van der Waals surface area contributed by atoms with Gasteiger partial charge in [0, 0.05) is 17.9 Å². The second-order valence-corrected chi connectivity index (χ2v) is 5.41. The van der Waals surface area contributed by atoms with E-state index in [9.17, 15) is 14.4 Å². The number of rotatable bonds is 5. The molecule has 8 heteroatoms. The molecule has 2 aromatic rings. The summed E-state index contributed by atoms with van der Waals surface area (Å²) in [5, 5.41) is 8.66. The van der Waals surface area contributed by atoms with Gasteiger partial charge in [-0.25, -0.2) is 9.89 Å². The number of carbonyl (C=O) groups excluding carboxylic acids is 1. The number of amides is 1. The number of nitrogens with zero attached hydrogens (tertiary/aromatic N) is 1. The molecular formula is C13H14N4O3S. The van der Waals surface area contributed by atoms with Gasteiger partial charge in [-0.3, -0.25) is 14.6 Å². The summed E-state index contributed by atoms with van der Waals surface area (Å²) >= 11 is 1.11. The Bertz CT molecular complexity index is 736. The molecule has 21 heavy (non-hydrogen) atoms. The lowest BCUT2D eigenvalue weighted by Crippen LogP contribution is -2.25. The average molecular weight is 306 g/mol. The standard InChI is InChI=1S/C13H14N4O3S/c1-8-2-4-9(5-3-8)14-10(18)6-7-21-12-11(19)15-13(20)17-16-12/h2-5H,6-7H2,1H3,(H,14,18)(H2,15,17,19,20). The van der Waals surface area contributed by atoms with Crippen LogP contribution in [0.1, 0.15) is 12.0 Å². The molecule has 3 N–H and O–H groups in total. The van der Waals surface area contributed by atoms with Crippen LogP contribution in [0.4, 0.5) is 5.69 Å². The number of anilines is 1. The first kappa shape index (κ1) is 15.0. The summed E-state index contributed by atoms with van der Waals surface area (Å²) in [6, 6.07) is 7.48. The first-order chi connectivity index (χ1) is 10.0. The first-order valence-corrected chi connectivity index (χ1v) is 7.21. The van der Waals surface area contributed by atoms with Gasteiger partial charge < -0.3 is 5.32 Å². The zero-order valence-electron chi connectivity index (χ0n) is 11.3. The number of nitrogens with one attached hydrogen (secondary N) is 3. The second-order valence-electron chi connectivity index (χ2n) is 4.32. The van der Waals surface area contributed by atoms with Crippen LogP contribution in [-0.2, 0) is 4.79 Å². The minimum absolute atomic E-state index is 0.137. The molecule has 0 aliphatic rings. The molecule has 0 saturated heterocycles. The fourth-order valence-corrected chi connectivity index (χ4v) is 2.31. The molecule has 0 spiro atoms. The molecule has 1 heterocycles. The fraction of sp³-hybridized carbons (Fsp3) is 0.231. The van der Waals surface area contributed by atoms with Crippen LogP contribution >= 0.6 is 11.8 Å². The maximum atomic E-state index is 11.7. The lowest BCUT2D eigenvalue weighted by atomic mass is 10.2. The summed E-state index contributed by atoms with van der Waals surface area (Å²) < 4.78 is 0. The molecule has 0 atom stereocenters. The van der Waals surface area contributed by atoms with Crippen LogP contribution in [0.25, 0.3) is 0 Å². The minimum atomic E-state index is -0.651. The highest BCUT2D eigenvalue weighted by molar-refractivity contribution is 7.99. The molecule has 0 unspecified atom stereocenters. The summed E-state index contributed by atoms with van der Waals surface area (Å²) in [5.74, 6) is 0.243. The summed E-state index contributed by atoms with van der Waals surface area (Å²) in [6.45, 7) is 1.97. The number of benzene rings is 1. The number of carbonyl (C=O) groups is 1. The van der Waals surface area contributed by atoms with Crippen LogP contribution in [0.2, 0.25) is 0 Å². The van der Waals surface area contributed by atoms with Crippen molar-refractivity contribution in [3.05, 3.63) is 50.7 Å². The topological polar surface area (TPSA) is 108 Å². The Morgan fingerprint density at radius 2 is 2.00 bits per heavy atom. The Labute approximate surface area is 124 Å². The molecule has 0 saturated carbocycles. The van der Waals surface area contributed by atoms with Crippen molar-refractivity contribution in [3.63, 3.8) is 0 Å². The smallest absolute Gasteiger partial charge is 0.326 e. The zero-order valence-corrected chi connectivity index (χ0v) is 12.1. The van der Waals surface area contributed by atoms with Crippen molar-refractivity contribution in [3.8, 4) is 0 Å². The van der Waals surface area contributed by atoms with Gasteiger partial charge in [-0.05, 0) is 19.1 Å². The third kappa shape index (κ3) is 4.60. The average Bonchev–Trinajstić information content (AvgIpc) is 2.44. The summed E-state index contributed by atoms with van der Waals surface area (Å²) in [7, 11) is 0. The minimum Gasteiger partial charge on any atom is -0.326 e. The van der Waals surface area contributed by atoms with Crippen LogP contribution in [-0.4, -0.2) is 26.8 Å². The SMILES string of the molecule is Cc1ccc(NC(=O)CCSc2n[nH]c(=O)[nH]c2=O)cc1. The van der Waals surface area contributed by atoms with Gasteiger partial charge in [0.15, 0.2) is 5.03 Å². The van der Waals surface area contributed by atoms with Gasteiger partial charge in [-0.15, -0.1) is 0 Å². The molecule has 2 rings (SSSR count). The van der Waals surface area contributed by atoms with Gasteiger partial charge in [0.1, 0.15) is 0 Å². The van der Waals surface area contributed by atoms with Gasteiger partial charge in [0.25, 0.3) is 5.56 Å². The van der Waals surface area contributed by atoms with Crippen LogP contribution in [0, 0.1) is 6.92 Å². The molecule has 0 radical (unpaired) electrons. The number of aryl methyl sites for hydroxylation is 1.